The number of hydrogen-bond acceptors (Lipinski definition) is 13. The second-order valence-electron chi connectivity index (χ2n) is 11.8. The van der Waals surface area contributed by atoms with Crippen LogP contribution in [-0.2, 0) is 35.0 Å². The number of methoxy groups -OCH3 is 2. The van der Waals surface area contributed by atoms with E-state index in [-0.39, 0.29) is 52.8 Å². The van der Waals surface area contributed by atoms with Crippen LogP contribution >= 0.6 is 0 Å². The van der Waals surface area contributed by atoms with E-state index in [9.17, 15) is 44.4 Å². The van der Waals surface area contributed by atoms with Gasteiger partial charge >= 0.3 is 17.9 Å². The molecule has 6 unspecified atom stereocenters. The van der Waals surface area contributed by atoms with Crippen LogP contribution in [0.4, 0.5) is 0 Å². The van der Waals surface area contributed by atoms with Crippen LogP contribution in [0.3, 0.4) is 0 Å². The number of Topliss-reactive ketones (excluding diaryl/α,β-unsaturated/α-hetero) is 2. The molecule has 0 amide bonds. The number of ketones is 2. The van der Waals surface area contributed by atoms with Crippen molar-refractivity contribution < 1.29 is 63.3 Å². The molecule has 6 atom stereocenters. The summed E-state index contributed by atoms with van der Waals surface area (Å²) in [7, 11) is 2.19. The van der Waals surface area contributed by atoms with E-state index < -0.39 is 82.6 Å². The number of carbonyl (C=O) groups excluding carboxylic acids is 5. The van der Waals surface area contributed by atoms with Gasteiger partial charge in [-0.15, -0.1) is 0 Å². The predicted molar refractivity (Wildman–Crippen MR) is 150 cm³/mol. The highest BCUT2D eigenvalue weighted by molar-refractivity contribution is 6.08. The molecule has 1 fully saturated rings. The smallest absolute Gasteiger partial charge is 0.354 e. The molecule has 0 aromatic heterocycles. The molecule has 2 aromatic carbocycles. The lowest BCUT2D eigenvalue weighted by atomic mass is 9.63. The number of aliphatic hydroxyl groups is 2. The number of hydrogen-bond donors (Lipinski definition) is 4. The maximum atomic E-state index is 13.7. The number of esters is 3. The molecule has 0 saturated carbocycles. The van der Waals surface area contributed by atoms with E-state index in [0.717, 1.165) is 14.2 Å². The summed E-state index contributed by atoms with van der Waals surface area (Å²) in [4.78, 5) is 65.4. The molecule has 13 heteroatoms. The number of ether oxygens (including phenoxy) is 4. The van der Waals surface area contributed by atoms with E-state index >= 15 is 0 Å². The summed E-state index contributed by atoms with van der Waals surface area (Å²) >= 11 is 0. The van der Waals surface area contributed by atoms with Gasteiger partial charge in [0.15, 0.2) is 17.7 Å². The van der Waals surface area contributed by atoms with Crippen molar-refractivity contribution in [3.05, 3.63) is 63.7 Å². The predicted octanol–water partition coefficient (Wildman–Crippen LogP) is 1.63. The first-order chi connectivity index (χ1) is 21.3. The van der Waals surface area contributed by atoms with E-state index in [2.05, 4.69) is 0 Å². The van der Waals surface area contributed by atoms with Crippen LogP contribution in [0.15, 0.2) is 30.4 Å². The number of rotatable bonds is 3. The first kappa shape index (κ1) is 30.3. The Morgan fingerprint density at radius 3 is 2.36 bits per heavy atom. The molecule has 45 heavy (non-hydrogen) atoms. The Morgan fingerprint density at radius 2 is 1.71 bits per heavy atom. The Labute approximate surface area is 256 Å². The number of aliphatic hydroxyl groups excluding tert-OH is 2. The molecular formula is C32H30O13. The van der Waals surface area contributed by atoms with Crippen LogP contribution in [0.25, 0.3) is 0 Å². The third kappa shape index (κ3) is 4.25. The van der Waals surface area contributed by atoms with Gasteiger partial charge in [0.05, 0.1) is 37.7 Å². The molecule has 0 radical (unpaired) electrons. The van der Waals surface area contributed by atoms with Crippen LogP contribution in [-0.4, -0.2) is 81.9 Å². The van der Waals surface area contributed by atoms with Gasteiger partial charge < -0.3 is 39.4 Å². The summed E-state index contributed by atoms with van der Waals surface area (Å²) in [5.41, 5.74) is -3.94. The number of carbonyl (C=O) groups is 5. The summed E-state index contributed by atoms with van der Waals surface area (Å²) in [5, 5.41) is 45.3. The molecular weight excluding hydrogens is 592 g/mol. The van der Waals surface area contributed by atoms with Gasteiger partial charge in [0.2, 0.25) is 5.60 Å². The molecule has 4 aliphatic rings. The molecule has 0 bridgehead atoms. The Hall–Kier alpha value is -4.75. The third-order valence-electron chi connectivity index (χ3n) is 9.28. The van der Waals surface area contributed by atoms with Crippen LogP contribution in [0.1, 0.15) is 74.3 Å². The van der Waals surface area contributed by atoms with Gasteiger partial charge in [0, 0.05) is 12.0 Å². The molecule has 13 nitrogen and oxygen atoms in total. The molecule has 4 N–H and O–H groups in total. The lowest BCUT2D eigenvalue weighted by Crippen LogP contribution is -2.58. The monoisotopic (exact) mass is 622 g/mol. The zero-order valence-corrected chi connectivity index (χ0v) is 24.5. The molecule has 1 spiro atoms. The Bertz CT molecular complexity index is 1720. The van der Waals surface area contributed by atoms with Crippen molar-refractivity contribution >= 4 is 29.5 Å². The standard InChI is InChI=1S/C32H30O13/c1-13-8-16-23(17(33)9-13)26(37)28(39)31(27(16)38)7-6-15(29(40)42-2)22-14(11-31)10-19-24(25(22)36)18(34)12-32(45-19,30(41)43-3)20-4-5-21(35)44-20/h6-10,15,20,27-28,33,36,38-39H,4-5,11-12H2,1-3H3. The second kappa shape index (κ2) is 10.4. The van der Waals surface area contributed by atoms with Crippen molar-refractivity contribution in [1.82, 2.24) is 0 Å². The van der Waals surface area contributed by atoms with Gasteiger partial charge in [0.1, 0.15) is 34.8 Å². The molecule has 1 saturated heterocycles. The van der Waals surface area contributed by atoms with Gasteiger partial charge in [-0.05, 0) is 48.6 Å². The largest absolute Gasteiger partial charge is 0.507 e. The zero-order valence-electron chi connectivity index (χ0n) is 24.5. The van der Waals surface area contributed by atoms with Crippen molar-refractivity contribution in [2.45, 2.75) is 62.4 Å². The van der Waals surface area contributed by atoms with E-state index in [0.29, 0.717) is 5.56 Å². The maximum absolute atomic E-state index is 13.7. The molecule has 2 aliphatic carbocycles. The molecule has 2 aromatic rings. The van der Waals surface area contributed by atoms with Gasteiger partial charge in [-0.1, -0.05) is 18.2 Å². The zero-order chi connectivity index (χ0) is 32.6. The maximum Gasteiger partial charge on any atom is 0.354 e. The fourth-order valence-electron chi connectivity index (χ4n) is 7.12. The average molecular weight is 623 g/mol. The number of benzene rings is 2. The van der Waals surface area contributed by atoms with Gasteiger partial charge in [-0.2, -0.15) is 0 Å². The molecule has 6 rings (SSSR count). The summed E-state index contributed by atoms with van der Waals surface area (Å²) < 4.78 is 21.4. The molecule has 236 valence electrons. The minimum absolute atomic E-state index is 0.0292. The molecule has 2 heterocycles. The van der Waals surface area contributed by atoms with Gasteiger partial charge in [-0.25, -0.2) is 4.79 Å². The number of phenols is 2. The van der Waals surface area contributed by atoms with E-state index in [1.165, 1.54) is 30.4 Å². The highest BCUT2D eigenvalue weighted by Gasteiger charge is 2.59. The lowest BCUT2D eigenvalue weighted by molar-refractivity contribution is -0.175. The Balaban J connectivity index is 1.56. The van der Waals surface area contributed by atoms with E-state index in [1.54, 1.807) is 6.92 Å². The number of aryl methyl sites for hydroxylation is 1. The van der Waals surface area contributed by atoms with E-state index in [4.69, 9.17) is 18.9 Å². The van der Waals surface area contributed by atoms with E-state index in [1.807, 2.05) is 0 Å². The summed E-state index contributed by atoms with van der Waals surface area (Å²) in [6.45, 7) is 1.65. The van der Waals surface area contributed by atoms with Gasteiger partial charge in [0.25, 0.3) is 0 Å². The quantitative estimate of drug-likeness (QED) is 0.219. The van der Waals surface area contributed by atoms with Crippen LogP contribution < -0.4 is 4.74 Å². The Kier molecular flexibility index (Phi) is 7.01. The fourth-order valence-corrected chi connectivity index (χ4v) is 7.12. The first-order valence-electron chi connectivity index (χ1n) is 14.2. The minimum atomic E-state index is -2.08. The SMILES string of the molecule is COC(=O)C1C=CC2(Cc3cc4c(c(O)c31)C(=O)CC(C(=O)OC)(C1CCC(=O)O1)O4)C(O)C(=O)c1c(O)cc(C)cc1C2O. The number of cyclic esters (lactones) is 1. The third-order valence-corrected chi connectivity index (χ3v) is 9.28. The summed E-state index contributed by atoms with van der Waals surface area (Å²) in [6, 6.07) is 4.11. The summed E-state index contributed by atoms with van der Waals surface area (Å²) in [5.74, 6) is -6.81. The average Bonchev–Trinajstić information content (AvgIpc) is 3.36. The van der Waals surface area contributed by atoms with Crippen LogP contribution in [0.2, 0.25) is 0 Å². The highest BCUT2D eigenvalue weighted by Crippen LogP contribution is 2.55. The fraction of sp³-hybridized carbons (Fsp3) is 0.406. The van der Waals surface area contributed by atoms with Crippen LogP contribution in [0.5, 0.6) is 17.2 Å². The highest BCUT2D eigenvalue weighted by atomic mass is 16.6. The van der Waals surface area contributed by atoms with Crippen molar-refractivity contribution in [1.29, 1.82) is 0 Å². The minimum Gasteiger partial charge on any atom is -0.507 e. The van der Waals surface area contributed by atoms with Crippen LogP contribution in [0, 0.1) is 12.3 Å². The van der Waals surface area contributed by atoms with Crippen molar-refractivity contribution in [3.8, 4) is 17.2 Å². The normalized spacial score (nSPS) is 30.0. The molecule has 2 aliphatic heterocycles. The van der Waals surface area contributed by atoms with Crippen molar-refractivity contribution in [2.75, 3.05) is 14.2 Å². The number of phenolic OH excluding ortho intramolecular Hbond substituents is 2. The first-order valence-corrected chi connectivity index (χ1v) is 14.2. The summed E-state index contributed by atoms with van der Waals surface area (Å²) in [6.07, 6.45) is -3.13. The lowest BCUT2D eigenvalue weighted by Gasteiger charge is -2.43. The second-order valence-corrected chi connectivity index (χ2v) is 11.8. The van der Waals surface area contributed by atoms with Gasteiger partial charge in [-0.3, -0.25) is 19.2 Å². The Morgan fingerprint density at radius 1 is 0.978 bits per heavy atom. The van der Waals surface area contributed by atoms with Crippen molar-refractivity contribution in [3.63, 3.8) is 0 Å². The number of aromatic hydroxyl groups is 2. The van der Waals surface area contributed by atoms with Crippen molar-refractivity contribution in [2.24, 2.45) is 5.41 Å². The topological polar surface area (TPSA) is 203 Å². The number of fused-ring (bicyclic) bond motifs is 3.